The summed E-state index contributed by atoms with van der Waals surface area (Å²) >= 11 is 0. The third-order valence-corrected chi connectivity index (χ3v) is 5.32. The van der Waals surface area contributed by atoms with Crippen molar-refractivity contribution in [2.75, 3.05) is 0 Å². The van der Waals surface area contributed by atoms with Gasteiger partial charge < -0.3 is 5.32 Å². The predicted molar refractivity (Wildman–Crippen MR) is 94.6 cm³/mol. The van der Waals surface area contributed by atoms with E-state index in [0.29, 0.717) is 6.42 Å². The van der Waals surface area contributed by atoms with Crippen molar-refractivity contribution in [3.05, 3.63) is 35.3 Å². The fourth-order valence-corrected chi connectivity index (χ4v) is 4.13. The standard InChI is InChI=1S/C19H20N4O/c24-18-10-16-9-14-4-3-12(21-14)7-11-1-2-13(20-11)8-15-5-6-17(22-15)19(18)23-16/h7-9,17,19,23H,1-6,10H2. The number of carbonyl (C=O) groups excluding carboxylic acids is 1. The lowest BCUT2D eigenvalue weighted by atomic mass is 10.0. The number of nitrogens with zero attached hydrogens (tertiary/aromatic N) is 3. The molecule has 0 aromatic rings. The lowest BCUT2D eigenvalue weighted by Gasteiger charge is -2.14. The number of hydrogen-bond donors (Lipinski definition) is 1. The van der Waals surface area contributed by atoms with Crippen LogP contribution in [0.3, 0.4) is 0 Å². The minimum Gasteiger partial charge on any atom is -0.376 e. The highest BCUT2D eigenvalue weighted by atomic mass is 16.1. The van der Waals surface area contributed by atoms with Crippen molar-refractivity contribution in [2.24, 2.45) is 15.0 Å². The summed E-state index contributed by atoms with van der Waals surface area (Å²) in [7, 11) is 0. The van der Waals surface area contributed by atoms with Crippen molar-refractivity contribution in [3.8, 4) is 0 Å². The second kappa shape index (κ2) is 5.36. The fourth-order valence-electron chi connectivity index (χ4n) is 4.13. The van der Waals surface area contributed by atoms with Crippen LogP contribution in [0.15, 0.2) is 50.3 Å². The normalized spacial score (nSPS) is 31.2. The molecule has 5 rings (SSSR count). The zero-order chi connectivity index (χ0) is 16.1. The number of hydrogen-bond acceptors (Lipinski definition) is 5. The lowest BCUT2D eigenvalue weighted by Crippen LogP contribution is -2.36. The number of nitrogens with one attached hydrogen (secondary N) is 1. The van der Waals surface area contributed by atoms with Crippen LogP contribution in [0.25, 0.3) is 0 Å². The van der Waals surface area contributed by atoms with Crippen LogP contribution in [-0.2, 0) is 4.79 Å². The molecule has 0 saturated carbocycles. The zero-order valence-corrected chi connectivity index (χ0v) is 13.6. The van der Waals surface area contributed by atoms with E-state index in [-0.39, 0.29) is 17.9 Å². The maximum Gasteiger partial charge on any atom is 0.163 e. The Kier molecular flexibility index (Phi) is 3.15. The molecular weight excluding hydrogens is 300 g/mol. The minimum absolute atomic E-state index is 0.0597. The Balaban J connectivity index is 1.58. The Bertz CT molecular complexity index is 809. The lowest BCUT2D eigenvalue weighted by molar-refractivity contribution is -0.118. The van der Waals surface area contributed by atoms with E-state index in [2.05, 4.69) is 23.5 Å². The number of fused-ring (bicyclic) bond motifs is 6. The van der Waals surface area contributed by atoms with E-state index in [0.717, 1.165) is 72.8 Å². The average Bonchev–Trinajstić information content (AvgIpc) is 3.30. The molecule has 5 aliphatic rings. The maximum atomic E-state index is 12.4. The predicted octanol–water partition coefficient (Wildman–Crippen LogP) is 2.66. The summed E-state index contributed by atoms with van der Waals surface area (Å²) in [6.07, 6.45) is 12.6. The quantitative estimate of drug-likeness (QED) is 0.745. The average molecular weight is 320 g/mol. The molecule has 5 heterocycles. The first kappa shape index (κ1) is 14.1. The first-order valence-electron chi connectivity index (χ1n) is 8.86. The molecule has 5 nitrogen and oxygen atoms in total. The van der Waals surface area contributed by atoms with Gasteiger partial charge in [0.2, 0.25) is 0 Å². The van der Waals surface area contributed by atoms with Gasteiger partial charge in [-0.3, -0.25) is 19.8 Å². The molecule has 0 amide bonds. The smallest absolute Gasteiger partial charge is 0.163 e. The minimum atomic E-state index is -0.170. The van der Waals surface area contributed by atoms with Gasteiger partial charge in [0.05, 0.1) is 6.04 Å². The molecule has 1 saturated heterocycles. The molecule has 1 fully saturated rings. The van der Waals surface area contributed by atoms with E-state index in [1.807, 2.05) is 0 Å². The largest absolute Gasteiger partial charge is 0.376 e. The van der Waals surface area contributed by atoms with Gasteiger partial charge in [0.1, 0.15) is 6.04 Å². The Hall–Kier alpha value is -2.30. The SMILES string of the molecule is O=C1CC2=CC3=NC(=CC4=NC(=CC5=NC(CC5)C1N2)CC4)CC3. The molecule has 0 radical (unpaired) electrons. The number of rotatable bonds is 0. The van der Waals surface area contributed by atoms with Crippen molar-refractivity contribution in [3.63, 3.8) is 0 Å². The van der Waals surface area contributed by atoms with E-state index >= 15 is 0 Å². The summed E-state index contributed by atoms with van der Waals surface area (Å²) in [4.78, 5) is 26.7. The van der Waals surface area contributed by atoms with Crippen molar-refractivity contribution < 1.29 is 4.79 Å². The van der Waals surface area contributed by atoms with E-state index in [4.69, 9.17) is 15.0 Å². The molecule has 2 atom stereocenters. The summed E-state index contributed by atoms with van der Waals surface area (Å²) in [5, 5.41) is 3.41. The van der Waals surface area contributed by atoms with Crippen LogP contribution in [0, 0.1) is 0 Å². The number of ketones is 1. The van der Waals surface area contributed by atoms with Crippen LogP contribution in [-0.4, -0.2) is 35.0 Å². The number of Topliss-reactive ketones (excluding diaryl/α,β-unsaturated/α-hetero) is 1. The second-order valence-electron chi connectivity index (χ2n) is 7.14. The van der Waals surface area contributed by atoms with Crippen molar-refractivity contribution >= 4 is 22.9 Å². The summed E-state index contributed by atoms with van der Waals surface area (Å²) in [6.45, 7) is 0. The van der Waals surface area contributed by atoms with E-state index in [1.165, 1.54) is 0 Å². The summed E-state index contributed by atoms with van der Waals surface area (Å²) in [5.41, 5.74) is 6.51. The molecular formula is C19H20N4O. The molecule has 2 unspecified atom stereocenters. The van der Waals surface area contributed by atoms with Gasteiger partial charge in [0, 0.05) is 40.6 Å². The van der Waals surface area contributed by atoms with E-state index < -0.39 is 0 Å². The van der Waals surface area contributed by atoms with Gasteiger partial charge in [-0.25, -0.2) is 0 Å². The third-order valence-electron chi connectivity index (χ3n) is 5.32. The van der Waals surface area contributed by atoms with Crippen LogP contribution >= 0.6 is 0 Å². The second-order valence-corrected chi connectivity index (χ2v) is 7.14. The fraction of sp³-hybridized carbons (Fsp3) is 0.474. The van der Waals surface area contributed by atoms with Crippen molar-refractivity contribution in [1.29, 1.82) is 0 Å². The molecule has 8 bridgehead atoms. The molecule has 1 N–H and O–H groups in total. The van der Waals surface area contributed by atoms with Gasteiger partial charge in [-0.1, -0.05) is 0 Å². The number of carbonyl (C=O) groups is 1. The van der Waals surface area contributed by atoms with Crippen molar-refractivity contribution in [1.82, 2.24) is 5.32 Å². The number of aliphatic imine (C=N–C) groups is 3. The highest BCUT2D eigenvalue weighted by Gasteiger charge is 2.36. The highest BCUT2D eigenvalue weighted by Crippen LogP contribution is 2.28. The molecule has 5 aliphatic heterocycles. The molecule has 24 heavy (non-hydrogen) atoms. The van der Waals surface area contributed by atoms with Crippen molar-refractivity contribution in [2.45, 2.75) is 57.0 Å². The maximum absolute atomic E-state index is 12.4. The van der Waals surface area contributed by atoms with Crippen LogP contribution in [0.1, 0.15) is 44.9 Å². The molecule has 0 aliphatic carbocycles. The molecule has 122 valence electrons. The van der Waals surface area contributed by atoms with Crippen LogP contribution in [0.5, 0.6) is 0 Å². The van der Waals surface area contributed by atoms with Gasteiger partial charge >= 0.3 is 0 Å². The summed E-state index contributed by atoms with van der Waals surface area (Å²) in [6, 6.07) is -0.110. The molecule has 0 aromatic carbocycles. The van der Waals surface area contributed by atoms with Crippen LogP contribution in [0.2, 0.25) is 0 Å². The molecule has 0 aromatic heterocycles. The summed E-state index contributed by atoms with van der Waals surface area (Å²) < 4.78 is 0. The monoisotopic (exact) mass is 320 g/mol. The van der Waals surface area contributed by atoms with Crippen LogP contribution < -0.4 is 5.32 Å². The first-order valence-corrected chi connectivity index (χ1v) is 8.86. The van der Waals surface area contributed by atoms with Gasteiger partial charge in [-0.15, -0.1) is 0 Å². The topological polar surface area (TPSA) is 66.2 Å². The number of allylic oxidation sites excluding steroid dienone is 6. The molecule has 5 heteroatoms. The Labute approximate surface area is 141 Å². The van der Waals surface area contributed by atoms with E-state index in [9.17, 15) is 4.79 Å². The Morgan fingerprint density at radius 1 is 0.875 bits per heavy atom. The molecule has 0 spiro atoms. The first-order chi connectivity index (χ1) is 11.7. The van der Waals surface area contributed by atoms with Gasteiger partial charge in [-0.2, -0.15) is 0 Å². The van der Waals surface area contributed by atoms with E-state index in [1.54, 1.807) is 0 Å². The highest BCUT2D eigenvalue weighted by molar-refractivity contribution is 6.04. The van der Waals surface area contributed by atoms with Gasteiger partial charge in [0.15, 0.2) is 5.78 Å². The van der Waals surface area contributed by atoms with Gasteiger partial charge in [-0.05, 0) is 56.8 Å². The third kappa shape index (κ3) is 2.48. The Morgan fingerprint density at radius 2 is 1.58 bits per heavy atom. The zero-order valence-electron chi connectivity index (χ0n) is 13.6. The van der Waals surface area contributed by atoms with Gasteiger partial charge in [0.25, 0.3) is 0 Å². The Morgan fingerprint density at radius 3 is 2.38 bits per heavy atom. The van der Waals surface area contributed by atoms with Crippen LogP contribution in [0.4, 0.5) is 0 Å². The summed E-state index contributed by atoms with van der Waals surface area (Å²) in [5.74, 6) is 0.256.